The topological polar surface area (TPSA) is 30.0 Å². The normalized spacial score (nSPS) is 10.8. The maximum Gasteiger partial charge on any atom is 0.152 e. The third kappa shape index (κ3) is 3.82. The molecule has 0 aliphatic heterocycles. The molecule has 3 aromatic rings. The van der Waals surface area contributed by atoms with Crippen molar-refractivity contribution in [3.05, 3.63) is 72.1 Å². The number of benzene rings is 2. The Morgan fingerprint density at radius 3 is 1.62 bits per heavy atom. The van der Waals surface area contributed by atoms with Crippen LogP contribution < -0.4 is 0 Å². The van der Waals surface area contributed by atoms with Gasteiger partial charge in [-0.15, -0.1) is 0 Å². The fraction of sp³-hybridized carbons (Fsp3) is 0. The Hall–Kier alpha value is -1.000. The van der Waals surface area contributed by atoms with E-state index in [2.05, 4.69) is 4.98 Å². The largest absolute Gasteiger partial charge is 0.298 e. The Morgan fingerprint density at radius 2 is 1.15 bits per heavy atom. The van der Waals surface area contributed by atoms with E-state index in [0.29, 0.717) is 54.5 Å². The average molecular weight is 466 g/mol. The van der Waals surface area contributed by atoms with Crippen LogP contribution in [0.2, 0.25) is 30.1 Å². The fourth-order valence-corrected chi connectivity index (χ4v) is 4.47. The van der Waals surface area contributed by atoms with E-state index in [-0.39, 0.29) is 10.0 Å². The minimum atomic E-state index is 0.267. The molecule has 0 aliphatic carbocycles. The van der Waals surface area contributed by atoms with E-state index in [1.165, 1.54) is 12.1 Å². The third-order valence-corrected chi connectivity index (χ3v) is 5.19. The average Bonchev–Trinajstić information content (AvgIpc) is 2.53. The van der Waals surface area contributed by atoms with Crippen molar-refractivity contribution in [3.63, 3.8) is 0 Å². The van der Waals surface area contributed by atoms with Gasteiger partial charge in [0.1, 0.15) is 0 Å². The van der Waals surface area contributed by atoms with Crippen molar-refractivity contribution in [1.82, 2.24) is 4.98 Å². The van der Waals surface area contributed by atoms with Gasteiger partial charge in [-0.3, -0.25) is 4.79 Å². The monoisotopic (exact) mass is 463 g/mol. The van der Waals surface area contributed by atoms with Gasteiger partial charge in [0.15, 0.2) is 6.29 Å². The van der Waals surface area contributed by atoms with E-state index in [9.17, 15) is 4.79 Å². The van der Waals surface area contributed by atoms with Crippen LogP contribution in [-0.4, -0.2) is 11.3 Å². The highest BCUT2D eigenvalue weighted by molar-refractivity contribution is 6.42. The van der Waals surface area contributed by atoms with E-state index < -0.39 is 0 Å². The quantitative estimate of drug-likeness (QED) is 0.365. The van der Waals surface area contributed by atoms with Crippen LogP contribution >= 0.6 is 69.6 Å². The van der Waals surface area contributed by atoms with Gasteiger partial charge in [-0.2, -0.15) is 0 Å². The first-order chi connectivity index (χ1) is 12.3. The molecule has 8 heteroatoms. The van der Waals surface area contributed by atoms with E-state index in [1.807, 2.05) is 0 Å². The SMILES string of the molecule is O=Cc1ccc(-c2c(Cl)cc(Cl)cc2Cl)nc1-c1c(Cl)cc(Cl)cc1Cl. The minimum Gasteiger partial charge on any atom is -0.298 e. The lowest BCUT2D eigenvalue weighted by molar-refractivity contribution is 0.112. The zero-order valence-corrected chi connectivity index (χ0v) is 17.2. The molecule has 0 radical (unpaired) electrons. The van der Waals surface area contributed by atoms with Gasteiger partial charge in [0.05, 0.1) is 31.5 Å². The maximum atomic E-state index is 11.5. The molecule has 0 fully saturated rings. The summed E-state index contributed by atoms with van der Waals surface area (Å²) in [6.07, 6.45) is 0.665. The van der Waals surface area contributed by atoms with Crippen LogP contribution in [0, 0.1) is 0 Å². The Morgan fingerprint density at radius 1 is 0.692 bits per heavy atom. The highest BCUT2D eigenvalue weighted by atomic mass is 35.5. The number of halogens is 6. The summed E-state index contributed by atoms with van der Waals surface area (Å²) in [7, 11) is 0. The number of nitrogens with zero attached hydrogens (tertiary/aromatic N) is 1. The van der Waals surface area contributed by atoms with Gasteiger partial charge in [-0.25, -0.2) is 4.98 Å². The molecule has 0 bridgehead atoms. The number of rotatable bonds is 3. The zero-order valence-electron chi connectivity index (χ0n) is 12.7. The van der Waals surface area contributed by atoms with Gasteiger partial charge < -0.3 is 0 Å². The second kappa shape index (κ2) is 7.93. The van der Waals surface area contributed by atoms with Crippen molar-refractivity contribution >= 4 is 75.9 Å². The van der Waals surface area contributed by atoms with Crippen molar-refractivity contribution in [3.8, 4) is 22.5 Å². The molecule has 1 aromatic heterocycles. The predicted octanol–water partition coefficient (Wildman–Crippen LogP) is 8.15. The summed E-state index contributed by atoms with van der Waals surface area (Å²) < 4.78 is 0. The number of aldehydes is 1. The lowest BCUT2D eigenvalue weighted by Crippen LogP contribution is -1.97. The summed E-state index contributed by atoms with van der Waals surface area (Å²) in [5.74, 6) is 0. The van der Waals surface area contributed by atoms with Crippen LogP contribution in [0.25, 0.3) is 22.5 Å². The summed E-state index contributed by atoms with van der Waals surface area (Å²) in [5, 5.41) is 1.96. The van der Waals surface area contributed by atoms with Crippen LogP contribution in [0.3, 0.4) is 0 Å². The first-order valence-corrected chi connectivity index (χ1v) is 9.34. The van der Waals surface area contributed by atoms with E-state index in [1.54, 1.807) is 24.3 Å². The maximum absolute atomic E-state index is 11.5. The van der Waals surface area contributed by atoms with E-state index in [4.69, 9.17) is 69.6 Å². The smallest absolute Gasteiger partial charge is 0.152 e. The first kappa shape index (κ1) is 19.8. The zero-order chi connectivity index (χ0) is 19.0. The second-order valence-corrected chi connectivity index (χ2v) is 7.74. The van der Waals surface area contributed by atoms with Gasteiger partial charge in [0, 0.05) is 26.7 Å². The molecule has 0 aliphatic rings. The lowest BCUT2D eigenvalue weighted by atomic mass is 10.0. The van der Waals surface area contributed by atoms with Gasteiger partial charge in [0.25, 0.3) is 0 Å². The molecule has 26 heavy (non-hydrogen) atoms. The van der Waals surface area contributed by atoms with Crippen molar-refractivity contribution in [2.24, 2.45) is 0 Å². The predicted molar refractivity (Wildman–Crippen MR) is 111 cm³/mol. The number of hydrogen-bond acceptors (Lipinski definition) is 2. The van der Waals surface area contributed by atoms with Crippen LogP contribution in [-0.2, 0) is 0 Å². The van der Waals surface area contributed by atoms with Crippen molar-refractivity contribution in [2.45, 2.75) is 0 Å². The molecule has 2 aromatic carbocycles. The summed E-state index contributed by atoms with van der Waals surface area (Å²) in [4.78, 5) is 16.0. The highest BCUT2D eigenvalue weighted by Gasteiger charge is 2.19. The lowest BCUT2D eigenvalue weighted by Gasteiger charge is -2.13. The summed E-state index contributed by atoms with van der Waals surface area (Å²) >= 11 is 37.0. The molecular weight excluding hydrogens is 459 g/mol. The summed E-state index contributed by atoms with van der Waals surface area (Å²) in [6, 6.07) is 9.38. The van der Waals surface area contributed by atoms with Gasteiger partial charge in [-0.05, 0) is 36.4 Å². The highest BCUT2D eigenvalue weighted by Crippen LogP contribution is 2.41. The molecule has 0 N–H and O–H groups in total. The molecule has 0 atom stereocenters. The Balaban J connectivity index is 2.29. The fourth-order valence-electron chi connectivity index (χ4n) is 2.46. The number of carbonyl (C=O) groups is 1. The van der Waals surface area contributed by atoms with E-state index in [0.717, 1.165) is 0 Å². The number of hydrogen-bond donors (Lipinski definition) is 0. The van der Waals surface area contributed by atoms with Crippen LogP contribution in [0.15, 0.2) is 36.4 Å². The standard InChI is InChI=1S/C18H7Cl6NO/c19-9-3-11(21)16(12(22)4-9)15-2-1-8(7-26)18(25-15)17-13(23)5-10(20)6-14(17)24/h1-7H. The minimum absolute atomic E-state index is 0.267. The van der Waals surface area contributed by atoms with Gasteiger partial charge >= 0.3 is 0 Å². The Kier molecular flexibility index (Phi) is 6.03. The molecule has 0 saturated heterocycles. The Bertz CT molecular complexity index is 988. The molecule has 0 amide bonds. The van der Waals surface area contributed by atoms with E-state index >= 15 is 0 Å². The van der Waals surface area contributed by atoms with Crippen molar-refractivity contribution in [2.75, 3.05) is 0 Å². The van der Waals surface area contributed by atoms with Crippen molar-refractivity contribution in [1.29, 1.82) is 0 Å². The molecule has 0 spiro atoms. The third-order valence-electron chi connectivity index (χ3n) is 3.56. The van der Waals surface area contributed by atoms with Crippen LogP contribution in [0.1, 0.15) is 10.4 Å². The Labute approximate surface area is 179 Å². The number of aromatic nitrogens is 1. The van der Waals surface area contributed by atoms with Crippen molar-refractivity contribution < 1.29 is 4.79 Å². The molecular formula is C18H7Cl6NO. The number of pyridine rings is 1. The summed E-state index contributed by atoms with van der Waals surface area (Å²) in [5.41, 5.74) is 1.92. The first-order valence-electron chi connectivity index (χ1n) is 7.08. The molecule has 1 heterocycles. The number of carbonyl (C=O) groups excluding carboxylic acids is 1. The van der Waals surface area contributed by atoms with Gasteiger partial charge in [-0.1, -0.05) is 69.6 Å². The summed E-state index contributed by atoms with van der Waals surface area (Å²) in [6.45, 7) is 0. The molecule has 2 nitrogen and oxygen atoms in total. The molecule has 132 valence electrons. The van der Waals surface area contributed by atoms with Gasteiger partial charge in [0.2, 0.25) is 0 Å². The molecule has 3 rings (SSSR count). The molecule has 0 saturated carbocycles. The molecule has 0 unspecified atom stereocenters. The second-order valence-electron chi connectivity index (χ2n) is 5.24. The van der Waals surface area contributed by atoms with Crippen LogP contribution in [0.5, 0.6) is 0 Å². The van der Waals surface area contributed by atoms with Crippen LogP contribution in [0.4, 0.5) is 0 Å².